The van der Waals surface area contributed by atoms with E-state index in [0.29, 0.717) is 0 Å². The number of hydrogen-bond donors (Lipinski definition) is 0. The Labute approximate surface area is 77.4 Å². The van der Waals surface area contributed by atoms with Crippen LogP contribution in [0.3, 0.4) is 0 Å². The Balaban J connectivity index is 2.63. The summed E-state index contributed by atoms with van der Waals surface area (Å²) in [5.74, 6) is -0.00201. The van der Waals surface area contributed by atoms with Crippen LogP contribution in [0.15, 0.2) is 22.8 Å². The minimum absolute atomic E-state index is 0.00201. The van der Waals surface area contributed by atoms with Crippen molar-refractivity contribution in [2.24, 2.45) is 0 Å². The lowest BCUT2D eigenvalue weighted by atomic mass is 10.5. The third-order valence-corrected chi connectivity index (χ3v) is 2.22. The molecule has 0 fully saturated rings. The SMILES string of the molecule is O=S(=O)(OCc1ccco1)C(F)(F)F. The Hall–Kier alpha value is -1.02. The molecule has 0 N–H and O–H groups in total. The van der Waals surface area contributed by atoms with Crippen LogP contribution in [0.25, 0.3) is 0 Å². The van der Waals surface area contributed by atoms with Crippen molar-refractivity contribution in [3.8, 4) is 0 Å². The lowest BCUT2D eigenvalue weighted by Gasteiger charge is -2.06. The van der Waals surface area contributed by atoms with Gasteiger partial charge in [0.05, 0.1) is 6.26 Å². The number of hydrogen-bond acceptors (Lipinski definition) is 4. The quantitative estimate of drug-likeness (QED) is 0.585. The number of rotatable bonds is 3. The van der Waals surface area contributed by atoms with Crippen LogP contribution in [-0.4, -0.2) is 13.9 Å². The van der Waals surface area contributed by atoms with Gasteiger partial charge in [-0.15, -0.1) is 0 Å². The maximum Gasteiger partial charge on any atom is 0.523 e. The van der Waals surface area contributed by atoms with Gasteiger partial charge in [0.2, 0.25) is 0 Å². The van der Waals surface area contributed by atoms with Crippen molar-refractivity contribution in [3.05, 3.63) is 24.2 Å². The first-order valence-corrected chi connectivity index (χ1v) is 4.72. The first-order valence-electron chi connectivity index (χ1n) is 3.31. The molecular weight excluding hydrogens is 225 g/mol. The summed E-state index contributed by atoms with van der Waals surface area (Å²) < 4.78 is 64.1. The Morgan fingerprint density at radius 3 is 2.50 bits per heavy atom. The molecule has 0 radical (unpaired) electrons. The third kappa shape index (κ3) is 2.48. The fourth-order valence-corrected chi connectivity index (χ4v) is 1.00. The molecule has 0 saturated carbocycles. The zero-order valence-corrected chi connectivity index (χ0v) is 7.43. The smallest absolute Gasteiger partial charge is 0.467 e. The van der Waals surface area contributed by atoms with Gasteiger partial charge < -0.3 is 4.42 Å². The van der Waals surface area contributed by atoms with E-state index in [1.165, 1.54) is 18.4 Å². The van der Waals surface area contributed by atoms with Gasteiger partial charge in [0.25, 0.3) is 0 Å². The van der Waals surface area contributed by atoms with Gasteiger partial charge in [-0.1, -0.05) is 0 Å². The lowest BCUT2D eigenvalue weighted by Crippen LogP contribution is -2.25. The number of halogens is 3. The zero-order chi connectivity index (χ0) is 10.8. The summed E-state index contributed by atoms with van der Waals surface area (Å²) in [6.45, 7) is -0.769. The highest BCUT2D eigenvalue weighted by atomic mass is 32.2. The Morgan fingerprint density at radius 1 is 1.43 bits per heavy atom. The molecule has 0 amide bonds. The topological polar surface area (TPSA) is 56.5 Å². The molecule has 0 aliphatic carbocycles. The second-order valence-corrected chi connectivity index (χ2v) is 3.85. The first kappa shape index (κ1) is 11.1. The Bertz CT molecular complexity index is 378. The van der Waals surface area contributed by atoms with E-state index in [1.807, 2.05) is 0 Å². The van der Waals surface area contributed by atoms with Crippen molar-refractivity contribution in [3.63, 3.8) is 0 Å². The monoisotopic (exact) mass is 230 g/mol. The van der Waals surface area contributed by atoms with Crippen LogP contribution in [0.4, 0.5) is 13.2 Å². The third-order valence-electron chi connectivity index (χ3n) is 1.22. The van der Waals surface area contributed by atoms with E-state index >= 15 is 0 Å². The molecule has 0 spiro atoms. The van der Waals surface area contributed by atoms with Crippen LogP contribution < -0.4 is 0 Å². The van der Waals surface area contributed by atoms with Gasteiger partial charge in [-0.25, -0.2) is 0 Å². The second kappa shape index (κ2) is 3.62. The van der Waals surface area contributed by atoms with E-state index in [9.17, 15) is 21.6 Å². The first-order chi connectivity index (χ1) is 6.33. The van der Waals surface area contributed by atoms with Crippen LogP contribution in [0, 0.1) is 0 Å². The van der Waals surface area contributed by atoms with Gasteiger partial charge in [0.15, 0.2) is 0 Å². The van der Waals surface area contributed by atoms with Crippen LogP contribution in [-0.2, 0) is 20.9 Å². The fraction of sp³-hybridized carbons (Fsp3) is 0.333. The van der Waals surface area contributed by atoms with Gasteiger partial charge in [0.1, 0.15) is 12.4 Å². The summed E-state index contributed by atoms with van der Waals surface area (Å²) >= 11 is 0. The maximum absolute atomic E-state index is 11.7. The predicted molar refractivity (Wildman–Crippen MR) is 38.5 cm³/mol. The summed E-state index contributed by atoms with van der Waals surface area (Å²) in [5.41, 5.74) is -5.40. The van der Waals surface area contributed by atoms with Crippen molar-refractivity contribution in [1.29, 1.82) is 0 Å². The summed E-state index contributed by atoms with van der Waals surface area (Å²) in [6.07, 6.45) is 1.19. The molecule has 0 bridgehead atoms. The van der Waals surface area contributed by atoms with Crippen molar-refractivity contribution in [1.82, 2.24) is 0 Å². The fourth-order valence-electron chi connectivity index (χ4n) is 0.597. The highest BCUT2D eigenvalue weighted by Gasteiger charge is 2.47. The zero-order valence-electron chi connectivity index (χ0n) is 6.61. The molecule has 0 unspecified atom stereocenters. The average Bonchev–Trinajstić information content (AvgIpc) is 2.50. The summed E-state index contributed by atoms with van der Waals surface area (Å²) in [7, 11) is -5.53. The summed E-state index contributed by atoms with van der Waals surface area (Å²) in [5, 5.41) is 0. The number of furan rings is 1. The van der Waals surface area contributed by atoms with Crippen LogP contribution in [0.5, 0.6) is 0 Å². The summed E-state index contributed by atoms with van der Waals surface area (Å²) in [4.78, 5) is 0. The molecule has 0 aliphatic heterocycles. The van der Waals surface area contributed by atoms with Crippen molar-refractivity contribution < 1.29 is 30.2 Å². The molecule has 80 valence electrons. The van der Waals surface area contributed by atoms with Crippen molar-refractivity contribution >= 4 is 10.1 Å². The predicted octanol–water partition coefficient (Wildman–Crippen LogP) is 1.65. The van der Waals surface area contributed by atoms with E-state index in [1.54, 1.807) is 0 Å². The van der Waals surface area contributed by atoms with E-state index in [0.717, 1.165) is 0 Å². The molecule has 0 saturated heterocycles. The normalized spacial score (nSPS) is 13.1. The minimum atomic E-state index is -5.53. The molecule has 0 atom stereocenters. The van der Waals surface area contributed by atoms with Crippen LogP contribution >= 0.6 is 0 Å². The molecular formula is C6H5F3O4S. The molecule has 4 nitrogen and oxygen atoms in total. The van der Waals surface area contributed by atoms with Gasteiger partial charge in [-0.3, -0.25) is 4.18 Å². The largest absolute Gasteiger partial charge is 0.523 e. The summed E-state index contributed by atoms with van der Waals surface area (Å²) in [6, 6.07) is 2.70. The van der Waals surface area contributed by atoms with Crippen molar-refractivity contribution in [2.75, 3.05) is 0 Å². The van der Waals surface area contributed by atoms with E-state index in [4.69, 9.17) is 0 Å². The molecule has 8 heteroatoms. The molecule has 1 heterocycles. The van der Waals surface area contributed by atoms with Gasteiger partial charge in [0, 0.05) is 0 Å². The van der Waals surface area contributed by atoms with Gasteiger partial charge >= 0.3 is 15.6 Å². The molecule has 14 heavy (non-hydrogen) atoms. The Morgan fingerprint density at radius 2 is 2.07 bits per heavy atom. The maximum atomic E-state index is 11.7. The second-order valence-electron chi connectivity index (χ2n) is 2.24. The molecule has 1 aromatic rings. The van der Waals surface area contributed by atoms with Crippen LogP contribution in [0.2, 0.25) is 0 Å². The Kier molecular flexibility index (Phi) is 2.86. The standard InChI is InChI=1S/C6H5F3O4S/c7-6(8,9)14(10,11)13-4-5-2-1-3-12-5/h1-3H,4H2. The average molecular weight is 230 g/mol. The minimum Gasteiger partial charge on any atom is -0.467 e. The molecule has 0 aromatic carbocycles. The van der Waals surface area contributed by atoms with E-state index in [-0.39, 0.29) is 5.76 Å². The highest BCUT2D eigenvalue weighted by molar-refractivity contribution is 7.87. The van der Waals surface area contributed by atoms with E-state index in [2.05, 4.69) is 8.60 Å². The highest BCUT2D eigenvalue weighted by Crippen LogP contribution is 2.25. The van der Waals surface area contributed by atoms with Crippen LogP contribution in [0.1, 0.15) is 5.76 Å². The molecule has 1 aromatic heterocycles. The molecule has 1 rings (SSSR count). The molecule has 0 aliphatic rings. The number of alkyl halides is 3. The lowest BCUT2D eigenvalue weighted by molar-refractivity contribution is -0.0551. The van der Waals surface area contributed by atoms with Gasteiger partial charge in [-0.2, -0.15) is 21.6 Å². The van der Waals surface area contributed by atoms with E-state index < -0.39 is 22.2 Å². The van der Waals surface area contributed by atoms with Crippen molar-refractivity contribution in [2.45, 2.75) is 12.1 Å². The van der Waals surface area contributed by atoms with Gasteiger partial charge in [-0.05, 0) is 12.1 Å².